The summed E-state index contributed by atoms with van der Waals surface area (Å²) >= 11 is 3.13. The summed E-state index contributed by atoms with van der Waals surface area (Å²) < 4.78 is 7.22. The molecule has 0 atom stereocenters. The van der Waals surface area contributed by atoms with Gasteiger partial charge in [0.2, 0.25) is 0 Å². The smallest absolute Gasteiger partial charge is 0.348 e. The molecule has 1 aliphatic rings. The summed E-state index contributed by atoms with van der Waals surface area (Å²) in [7, 11) is 1.88. The van der Waals surface area contributed by atoms with Crippen LogP contribution in [0.5, 0.6) is 0 Å². The Morgan fingerprint density at radius 1 is 1.32 bits per heavy atom. The van der Waals surface area contributed by atoms with E-state index in [-0.39, 0.29) is 12.6 Å². The maximum Gasteiger partial charge on any atom is 0.348 e. The van der Waals surface area contributed by atoms with E-state index in [2.05, 4.69) is 10.1 Å². The quantitative estimate of drug-likeness (QED) is 0.507. The fraction of sp³-hybridized carbons (Fsp3) is 0.389. The molecule has 3 aromatic heterocycles. The highest BCUT2D eigenvalue weighted by molar-refractivity contribution is 7.14. The van der Waals surface area contributed by atoms with Gasteiger partial charge in [-0.3, -0.25) is 4.68 Å². The van der Waals surface area contributed by atoms with Gasteiger partial charge in [-0.05, 0) is 37.3 Å². The largest absolute Gasteiger partial charge is 0.455 e. The normalized spacial score (nSPS) is 14.1. The second-order valence-corrected chi connectivity index (χ2v) is 8.24. The monoisotopic (exact) mass is 373 g/mol. The number of aryl methyl sites for hydroxylation is 3. The van der Waals surface area contributed by atoms with Gasteiger partial charge in [0.25, 0.3) is 0 Å². The SMILES string of the molecule is Cn1cc(-c2nc(COC(=O)c3cc4c(s3)CCCCC4)cs2)cn1. The van der Waals surface area contributed by atoms with Crippen molar-refractivity contribution in [3.63, 3.8) is 0 Å². The van der Waals surface area contributed by atoms with E-state index in [1.807, 2.05) is 24.7 Å². The molecule has 0 unspecified atom stereocenters. The summed E-state index contributed by atoms with van der Waals surface area (Å²) in [4.78, 5) is 19.0. The van der Waals surface area contributed by atoms with E-state index in [1.54, 1.807) is 22.2 Å². The van der Waals surface area contributed by atoms with Crippen molar-refractivity contribution in [1.82, 2.24) is 14.8 Å². The minimum absolute atomic E-state index is 0.207. The first-order chi connectivity index (χ1) is 12.2. The van der Waals surface area contributed by atoms with Crippen LogP contribution in [0.2, 0.25) is 0 Å². The molecule has 5 nitrogen and oxygen atoms in total. The predicted octanol–water partition coefficient (Wildman–Crippen LogP) is 4.23. The summed E-state index contributed by atoms with van der Waals surface area (Å²) in [5, 5.41) is 6.97. The molecular formula is C18H19N3O2S2. The molecule has 0 spiro atoms. The van der Waals surface area contributed by atoms with Crippen molar-refractivity contribution in [2.24, 2.45) is 7.05 Å². The Hall–Kier alpha value is -1.99. The second-order valence-electron chi connectivity index (χ2n) is 6.24. The maximum absolute atomic E-state index is 12.4. The fourth-order valence-corrected chi connectivity index (χ4v) is 4.94. The number of aromatic nitrogens is 3. The first kappa shape index (κ1) is 16.5. The van der Waals surface area contributed by atoms with Crippen LogP contribution in [0.1, 0.15) is 45.1 Å². The number of carbonyl (C=O) groups excluding carboxylic acids is 1. The van der Waals surface area contributed by atoms with E-state index in [1.165, 1.54) is 41.0 Å². The van der Waals surface area contributed by atoms with Crippen molar-refractivity contribution in [3.8, 4) is 10.6 Å². The first-order valence-corrected chi connectivity index (χ1v) is 10.1. The number of nitrogens with zero attached hydrogens (tertiary/aromatic N) is 3. The second kappa shape index (κ2) is 7.09. The lowest BCUT2D eigenvalue weighted by Crippen LogP contribution is -2.03. The van der Waals surface area contributed by atoms with Gasteiger partial charge in [-0.15, -0.1) is 22.7 Å². The number of thiophene rings is 1. The Morgan fingerprint density at radius 3 is 3.04 bits per heavy atom. The Morgan fingerprint density at radius 2 is 2.20 bits per heavy atom. The number of thiazole rings is 1. The molecule has 7 heteroatoms. The van der Waals surface area contributed by atoms with Gasteiger partial charge in [-0.2, -0.15) is 5.10 Å². The molecule has 0 aromatic carbocycles. The molecule has 4 rings (SSSR count). The van der Waals surface area contributed by atoms with E-state index < -0.39 is 0 Å². The van der Waals surface area contributed by atoms with Crippen LogP contribution in [0.4, 0.5) is 0 Å². The molecule has 0 aliphatic heterocycles. The van der Waals surface area contributed by atoms with E-state index in [0.717, 1.165) is 34.0 Å². The van der Waals surface area contributed by atoms with Gasteiger partial charge in [-0.25, -0.2) is 9.78 Å². The van der Waals surface area contributed by atoms with Gasteiger partial charge in [0.15, 0.2) is 0 Å². The van der Waals surface area contributed by atoms with Crippen LogP contribution in [0.3, 0.4) is 0 Å². The third kappa shape index (κ3) is 3.67. The Kier molecular flexibility index (Phi) is 4.67. The van der Waals surface area contributed by atoms with Crippen molar-refractivity contribution in [2.75, 3.05) is 0 Å². The van der Waals surface area contributed by atoms with Gasteiger partial charge in [-0.1, -0.05) is 6.42 Å². The van der Waals surface area contributed by atoms with Gasteiger partial charge >= 0.3 is 5.97 Å². The van der Waals surface area contributed by atoms with Crippen LogP contribution in [-0.4, -0.2) is 20.7 Å². The molecule has 0 saturated carbocycles. The summed E-state index contributed by atoms with van der Waals surface area (Å²) in [6.45, 7) is 0.207. The number of fused-ring (bicyclic) bond motifs is 1. The summed E-state index contributed by atoms with van der Waals surface area (Å²) in [5.41, 5.74) is 3.09. The van der Waals surface area contributed by atoms with E-state index in [0.29, 0.717) is 0 Å². The van der Waals surface area contributed by atoms with Crippen LogP contribution in [0.15, 0.2) is 23.8 Å². The molecule has 0 saturated heterocycles. The molecule has 1 aliphatic carbocycles. The molecule has 130 valence electrons. The number of carbonyl (C=O) groups is 1. The van der Waals surface area contributed by atoms with E-state index >= 15 is 0 Å². The Labute approximate surface area is 154 Å². The van der Waals surface area contributed by atoms with Crippen molar-refractivity contribution in [3.05, 3.63) is 44.9 Å². The highest BCUT2D eigenvalue weighted by atomic mass is 32.1. The molecule has 0 N–H and O–H groups in total. The molecular weight excluding hydrogens is 354 g/mol. The summed E-state index contributed by atoms with van der Waals surface area (Å²) in [5.74, 6) is -0.242. The van der Waals surface area contributed by atoms with Crippen LogP contribution in [0, 0.1) is 0 Å². The zero-order valence-corrected chi connectivity index (χ0v) is 15.7. The average molecular weight is 374 g/mol. The first-order valence-electron chi connectivity index (χ1n) is 8.41. The highest BCUT2D eigenvalue weighted by Crippen LogP contribution is 2.30. The van der Waals surface area contributed by atoms with Crippen LogP contribution >= 0.6 is 22.7 Å². The van der Waals surface area contributed by atoms with Gasteiger partial charge in [0, 0.05) is 29.1 Å². The average Bonchev–Trinajstić information content (AvgIpc) is 3.30. The summed E-state index contributed by atoms with van der Waals surface area (Å²) in [6, 6.07) is 2.02. The van der Waals surface area contributed by atoms with Crippen LogP contribution in [-0.2, 0) is 31.2 Å². The number of esters is 1. The number of rotatable bonds is 4. The molecule has 3 aromatic rings. The van der Waals surface area contributed by atoms with E-state index in [9.17, 15) is 4.79 Å². The third-order valence-electron chi connectivity index (χ3n) is 4.30. The lowest BCUT2D eigenvalue weighted by molar-refractivity contribution is 0.0474. The summed E-state index contributed by atoms with van der Waals surface area (Å²) in [6.07, 6.45) is 9.60. The van der Waals surface area contributed by atoms with Crippen LogP contribution < -0.4 is 0 Å². The van der Waals surface area contributed by atoms with Gasteiger partial charge in [0.1, 0.15) is 16.5 Å². The Balaban J connectivity index is 1.40. The molecule has 0 amide bonds. The van der Waals surface area contributed by atoms with Crippen molar-refractivity contribution in [2.45, 2.75) is 38.7 Å². The number of hydrogen-bond acceptors (Lipinski definition) is 6. The van der Waals surface area contributed by atoms with Crippen molar-refractivity contribution >= 4 is 28.6 Å². The standard InChI is InChI=1S/C18H19N3O2S2/c1-21-9-13(8-19-21)17-20-14(11-24-17)10-23-18(22)16-7-12-5-3-2-4-6-15(12)25-16/h7-9,11H,2-6,10H2,1H3. The van der Waals surface area contributed by atoms with Gasteiger partial charge < -0.3 is 4.74 Å². The zero-order chi connectivity index (χ0) is 17.2. The van der Waals surface area contributed by atoms with Crippen LogP contribution in [0.25, 0.3) is 10.6 Å². The van der Waals surface area contributed by atoms with E-state index in [4.69, 9.17) is 4.74 Å². The maximum atomic E-state index is 12.4. The topological polar surface area (TPSA) is 57.0 Å². The molecule has 0 radical (unpaired) electrons. The predicted molar refractivity (Wildman–Crippen MR) is 99.0 cm³/mol. The lowest BCUT2D eigenvalue weighted by Gasteiger charge is -2.00. The number of ether oxygens (including phenoxy) is 1. The van der Waals surface area contributed by atoms with Gasteiger partial charge in [0.05, 0.1) is 11.9 Å². The number of hydrogen-bond donors (Lipinski definition) is 0. The van der Waals surface area contributed by atoms with Crippen molar-refractivity contribution in [1.29, 1.82) is 0 Å². The zero-order valence-electron chi connectivity index (χ0n) is 14.0. The molecule has 25 heavy (non-hydrogen) atoms. The molecule has 3 heterocycles. The fourth-order valence-electron chi connectivity index (χ4n) is 3.02. The minimum atomic E-state index is -0.242. The molecule has 0 bridgehead atoms. The highest BCUT2D eigenvalue weighted by Gasteiger charge is 2.18. The third-order valence-corrected chi connectivity index (χ3v) is 6.46. The Bertz CT molecular complexity index is 870. The minimum Gasteiger partial charge on any atom is -0.455 e. The lowest BCUT2D eigenvalue weighted by atomic mass is 10.1. The molecule has 0 fully saturated rings. The van der Waals surface area contributed by atoms with Crippen molar-refractivity contribution < 1.29 is 9.53 Å².